The quantitative estimate of drug-likeness (QED) is 0.503. The average molecular weight is 252 g/mol. The molecule has 16 heavy (non-hydrogen) atoms. The highest BCUT2D eigenvalue weighted by molar-refractivity contribution is 7.75. The van der Waals surface area contributed by atoms with Crippen molar-refractivity contribution in [2.24, 2.45) is 11.7 Å². The summed E-state index contributed by atoms with van der Waals surface area (Å²) in [5.41, 5.74) is 4.54. The Bertz CT molecular complexity index is 120. The van der Waals surface area contributed by atoms with Crippen LogP contribution < -0.4 is 11.1 Å². The molecule has 0 rings (SSSR count). The van der Waals surface area contributed by atoms with Crippen LogP contribution in [0, 0.1) is 5.92 Å². The van der Waals surface area contributed by atoms with Crippen LogP contribution in [0.4, 0.5) is 0 Å². The molecular formula is C12H32N2OS. The Morgan fingerprint density at radius 2 is 1.69 bits per heavy atom. The minimum Gasteiger partial charge on any atom is -0.333 e. The van der Waals surface area contributed by atoms with Gasteiger partial charge in [0.05, 0.1) is 6.61 Å². The van der Waals surface area contributed by atoms with Crippen LogP contribution in [0.15, 0.2) is 0 Å². The molecule has 0 aliphatic rings. The molecule has 0 radical (unpaired) electrons. The highest BCUT2D eigenvalue weighted by Crippen LogP contribution is 2.05. The van der Waals surface area contributed by atoms with Crippen LogP contribution in [-0.2, 0) is 4.18 Å². The fraction of sp³-hybridized carbons (Fsp3) is 1.00. The molecular weight excluding hydrogens is 220 g/mol. The van der Waals surface area contributed by atoms with Gasteiger partial charge in [-0.1, -0.05) is 27.7 Å². The van der Waals surface area contributed by atoms with Crippen LogP contribution in [0.1, 0.15) is 48.0 Å². The molecule has 0 saturated carbocycles. The number of hydrogen-bond donors (Lipinski definition) is 3. The van der Waals surface area contributed by atoms with E-state index in [9.17, 15) is 0 Å². The molecule has 0 unspecified atom stereocenters. The zero-order chi connectivity index (χ0) is 13.6. The van der Waals surface area contributed by atoms with Gasteiger partial charge in [-0.3, -0.25) is 0 Å². The topological polar surface area (TPSA) is 47.3 Å². The summed E-state index contributed by atoms with van der Waals surface area (Å²) in [4.78, 5) is 0. The summed E-state index contributed by atoms with van der Waals surface area (Å²) in [7, 11) is 1.50. The predicted molar refractivity (Wildman–Crippen MR) is 77.9 cm³/mol. The zero-order valence-electron chi connectivity index (χ0n) is 12.1. The van der Waals surface area contributed by atoms with E-state index in [1.54, 1.807) is 0 Å². The van der Waals surface area contributed by atoms with Crippen molar-refractivity contribution >= 4 is 12.9 Å². The van der Waals surface area contributed by atoms with Crippen molar-refractivity contribution in [3.63, 3.8) is 0 Å². The molecule has 0 aliphatic carbocycles. The summed E-state index contributed by atoms with van der Waals surface area (Å²) in [6.07, 6.45) is 1.20. The molecule has 3 N–H and O–H groups in total. The van der Waals surface area contributed by atoms with Crippen LogP contribution in [0.3, 0.4) is 0 Å². The van der Waals surface area contributed by atoms with Gasteiger partial charge < -0.3 is 15.2 Å². The average Bonchev–Trinajstić information content (AvgIpc) is 2.22. The molecule has 3 nitrogen and oxygen atoms in total. The minimum absolute atomic E-state index is 0.0383. The summed E-state index contributed by atoms with van der Waals surface area (Å²) < 4.78 is 4.80. The van der Waals surface area contributed by atoms with Crippen molar-refractivity contribution in [1.29, 1.82) is 0 Å². The van der Waals surface area contributed by atoms with E-state index in [-0.39, 0.29) is 5.54 Å². The third-order valence-electron chi connectivity index (χ3n) is 1.75. The second-order valence-corrected chi connectivity index (χ2v) is 4.52. The first-order valence-corrected chi connectivity index (χ1v) is 6.43. The maximum Gasteiger partial charge on any atom is 0.0787 e. The molecule has 0 aromatic rings. The van der Waals surface area contributed by atoms with E-state index >= 15 is 0 Å². The number of hydrogen-bond acceptors (Lipinski definition) is 4. The van der Waals surface area contributed by atoms with E-state index < -0.39 is 0 Å². The lowest BCUT2D eigenvalue weighted by molar-refractivity contribution is 0.237. The van der Waals surface area contributed by atoms with Crippen molar-refractivity contribution in [1.82, 2.24) is 5.32 Å². The molecule has 102 valence electrons. The normalized spacial score (nSPS) is 10.1. The van der Waals surface area contributed by atoms with E-state index in [0.717, 1.165) is 12.5 Å². The summed E-state index contributed by atoms with van der Waals surface area (Å²) >= 11 is 3.74. The third-order valence-corrected chi connectivity index (χ3v) is 1.88. The predicted octanol–water partition coefficient (Wildman–Crippen LogP) is 2.86. The third kappa shape index (κ3) is 19.7. The van der Waals surface area contributed by atoms with Gasteiger partial charge in [0.15, 0.2) is 0 Å². The molecule has 4 heteroatoms. The first-order chi connectivity index (χ1) is 7.48. The molecule has 0 saturated heterocycles. The molecule has 0 amide bonds. The molecule has 0 spiro atoms. The van der Waals surface area contributed by atoms with Gasteiger partial charge in [-0.25, -0.2) is 0 Å². The largest absolute Gasteiger partial charge is 0.333 e. The maximum absolute atomic E-state index is 4.80. The van der Waals surface area contributed by atoms with Crippen molar-refractivity contribution < 1.29 is 4.18 Å². The second-order valence-electron chi connectivity index (χ2n) is 4.27. The van der Waals surface area contributed by atoms with Crippen molar-refractivity contribution in [2.75, 3.05) is 20.2 Å². The standard InChI is InChI=1S/C9H21NOS.C2H6.CH5N/c1-8(2)5-6-10-9(3,4)7-11-12;2*1-2/h8,10,12H,5-7H2,1-4H3;1-2H3;2H2,1H3. The van der Waals surface area contributed by atoms with Crippen molar-refractivity contribution in [2.45, 2.75) is 53.5 Å². The minimum atomic E-state index is 0.0383. The summed E-state index contributed by atoms with van der Waals surface area (Å²) in [6.45, 7) is 14.4. The highest BCUT2D eigenvalue weighted by atomic mass is 32.1. The van der Waals surface area contributed by atoms with Gasteiger partial charge in [-0.05, 0) is 52.7 Å². The van der Waals surface area contributed by atoms with Gasteiger partial charge in [0.2, 0.25) is 0 Å². The zero-order valence-corrected chi connectivity index (χ0v) is 13.0. The fourth-order valence-corrected chi connectivity index (χ4v) is 1.23. The Hall–Kier alpha value is 0.230. The monoisotopic (exact) mass is 252 g/mol. The van der Waals surface area contributed by atoms with E-state index in [2.05, 4.69) is 51.7 Å². The van der Waals surface area contributed by atoms with Crippen LogP contribution in [0.2, 0.25) is 0 Å². The summed E-state index contributed by atoms with van der Waals surface area (Å²) in [5.74, 6) is 0.755. The molecule has 0 heterocycles. The molecule has 0 fully saturated rings. The fourth-order valence-electron chi connectivity index (χ4n) is 0.912. The molecule has 0 aromatic heterocycles. The SMILES string of the molecule is CC.CC(C)CCNC(C)(C)COS.CN. The Morgan fingerprint density at radius 1 is 1.25 bits per heavy atom. The molecule has 0 aliphatic heterocycles. The summed E-state index contributed by atoms with van der Waals surface area (Å²) in [6, 6.07) is 0. The Balaban J connectivity index is -0.000000376. The van der Waals surface area contributed by atoms with E-state index in [1.165, 1.54) is 13.5 Å². The number of nitrogens with two attached hydrogens (primary N) is 1. The first kappa shape index (κ1) is 21.5. The van der Waals surface area contributed by atoms with Crippen LogP contribution in [-0.4, -0.2) is 25.7 Å². The number of nitrogens with one attached hydrogen (secondary N) is 1. The van der Waals surface area contributed by atoms with E-state index in [1.807, 2.05) is 13.8 Å². The smallest absolute Gasteiger partial charge is 0.0787 e. The number of rotatable bonds is 6. The van der Waals surface area contributed by atoms with Gasteiger partial charge in [-0.15, -0.1) is 0 Å². The molecule has 0 bridgehead atoms. The first-order valence-electron chi connectivity index (χ1n) is 6.07. The van der Waals surface area contributed by atoms with Crippen molar-refractivity contribution in [3.8, 4) is 0 Å². The number of thiol groups is 1. The maximum atomic E-state index is 4.80. The van der Waals surface area contributed by atoms with Gasteiger partial charge in [0.1, 0.15) is 0 Å². The Morgan fingerprint density at radius 3 is 2.00 bits per heavy atom. The highest BCUT2D eigenvalue weighted by Gasteiger charge is 2.16. The van der Waals surface area contributed by atoms with Crippen LogP contribution >= 0.6 is 12.9 Å². The van der Waals surface area contributed by atoms with E-state index in [0.29, 0.717) is 6.61 Å². The van der Waals surface area contributed by atoms with Crippen LogP contribution in [0.5, 0.6) is 0 Å². The lowest BCUT2D eigenvalue weighted by Crippen LogP contribution is -2.43. The van der Waals surface area contributed by atoms with Gasteiger partial charge in [0, 0.05) is 5.54 Å². The molecule has 0 aromatic carbocycles. The lowest BCUT2D eigenvalue weighted by Gasteiger charge is -2.25. The second kappa shape index (κ2) is 15.2. The van der Waals surface area contributed by atoms with Crippen molar-refractivity contribution in [3.05, 3.63) is 0 Å². The lowest BCUT2D eigenvalue weighted by atomic mass is 10.1. The van der Waals surface area contributed by atoms with Gasteiger partial charge >= 0.3 is 0 Å². The van der Waals surface area contributed by atoms with Gasteiger partial charge in [-0.2, -0.15) is 0 Å². The molecule has 0 atom stereocenters. The summed E-state index contributed by atoms with van der Waals surface area (Å²) in [5, 5.41) is 3.42. The van der Waals surface area contributed by atoms with Crippen LogP contribution in [0.25, 0.3) is 0 Å². The van der Waals surface area contributed by atoms with Gasteiger partial charge in [0.25, 0.3) is 0 Å². The van der Waals surface area contributed by atoms with E-state index in [4.69, 9.17) is 4.18 Å². The Labute approximate surface area is 108 Å². The Kier molecular flexibility index (Phi) is 20.5.